The molecule has 1 saturated heterocycles. The Hall–Kier alpha value is -1.46. The molecule has 110 valence electrons. The van der Waals surface area contributed by atoms with Gasteiger partial charge in [0.2, 0.25) is 0 Å². The van der Waals surface area contributed by atoms with Crippen molar-refractivity contribution in [3.63, 3.8) is 0 Å². The van der Waals surface area contributed by atoms with E-state index in [0.717, 1.165) is 23.0 Å². The Labute approximate surface area is 132 Å². The van der Waals surface area contributed by atoms with Crippen LogP contribution in [0.15, 0.2) is 34.9 Å². The fourth-order valence-corrected chi connectivity index (χ4v) is 3.55. The van der Waals surface area contributed by atoms with Gasteiger partial charge in [0.05, 0.1) is 11.6 Å². The van der Waals surface area contributed by atoms with Crippen molar-refractivity contribution in [3.05, 3.63) is 52.7 Å². The van der Waals surface area contributed by atoms with Crippen molar-refractivity contribution >= 4 is 29.3 Å². The average Bonchev–Trinajstić information content (AvgIpc) is 2.94. The van der Waals surface area contributed by atoms with Crippen LogP contribution >= 0.6 is 23.4 Å². The number of furan rings is 1. The molecule has 2 aromatic heterocycles. The van der Waals surface area contributed by atoms with Crippen molar-refractivity contribution in [1.29, 1.82) is 0 Å². The van der Waals surface area contributed by atoms with Crippen LogP contribution in [0.4, 0.5) is 0 Å². The van der Waals surface area contributed by atoms with Crippen molar-refractivity contribution in [2.24, 2.45) is 0 Å². The first kappa shape index (κ1) is 14.5. The van der Waals surface area contributed by atoms with Gasteiger partial charge in [-0.25, -0.2) is 4.98 Å². The van der Waals surface area contributed by atoms with Crippen LogP contribution < -0.4 is 0 Å². The number of halogens is 1. The highest BCUT2D eigenvalue weighted by atomic mass is 35.5. The number of aromatic nitrogens is 1. The topological polar surface area (TPSA) is 46.3 Å². The molecule has 3 heterocycles. The molecule has 0 N–H and O–H groups in total. The summed E-state index contributed by atoms with van der Waals surface area (Å²) in [6, 6.07) is 7.21. The van der Waals surface area contributed by atoms with Crippen LogP contribution in [-0.4, -0.2) is 33.8 Å². The van der Waals surface area contributed by atoms with Crippen LogP contribution in [0.25, 0.3) is 0 Å². The Bertz CT molecular complexity index is 641. The lowest BCUT2D eigenvalue weighted by Crippen LogP contribution is -2.40. The molecular formula is C15H15ClN2O2S. The molecule has 0 saturated carbocycles. The van der Waals surface area contributed by atoms with E-state index >= 15 is 0 Å². The Morgan fingerprint density at radius 3 is 2.95 bits per heavy atom. The third kappa shape index (κ3) is 3.09. The van der Waals surface area contributed by atoms with Crippen molar-refractivity contribution in [1.82, 2.24) is 9.88 Å². The Morgan fingerprint density at radius 2 is 2.29 bits per heavy atom. The van der Waals surface area contributed by atoms with Crippen LogP contribution in [-0.2, 0) is 0 Å². The summed E-state index contributed by atoms with van der Waals surface area (Å²) in [6.45, 7) is 2.62. The molecule has 0 spiro atoms. The van der Waals surface area contributed by atoms with Crippen LogP contribution in [0.2, 0.25) is 5.15 Å². The van der Waals surface area contributed by atoms with E-state index in [2.05, 4.69) is 4.98 Å². The summed E-state index contributed by atoms with van der Waals surface area (Å²) in [5.74, 6) is 3.46. The quantitative estimate of drug-likeness (QED) is 0.793. The van der Waals surface area contributed by atoms with E-state index in [9.17, 15) is 4.79 Å². The van der Waals surface area contributed by atoms with E-state index in [1.807, 2.05) is 35.7 Å². The number of thioether (sulfide) groups is 1. The highest BCUT2D eigenvalue weighted by Crippen LogP contribution is 2.31. The molecule has 0 aliphatic carbocycles. The molecule has 1 aliphatic rings. The second-order valence-corrected chi connectivity index (χ2v) is 6.44. The number of nitrogens with zero attached hydrogens (tertiary/aromatic N) is 2. The number of carbonyl (C=O) groups is 1. The van der Waals surface area contributed by atoms with E-state index in [1.165, 1.54) is 6.20 Å². The molecule has 4 nitrogen and oxygen atoms in total. The van der Waals surface area contributed by atoms with Crippen molar-refractivity contribution in [3.8, 4) is 0 Å². The third-order valence-electron chi connectivity index (χ3n) is 3.45. The van der Waals surface area contributed by atoms with Gasteiger partial charge in [0.25, 0.3) is 5.91 Å². The molecule has 2 aromatic rings. The van der Waals surface area contributed by atoms with Gasteiger partial charge in [0.1, 0.15) is 16.7 Å². The van der Waals surface area contributed by atoms with Crippen LogP contribution in [0.5, 0.6) is 0 Å². The van der Waals surface area contributed by atoms with Gasteiger partial charge >= 0.3 is 0 Å². The minimum absolute atomic E-state index is 0.0272. The Morgan fingerprint density at radius 1 is 1.43 bits per heavy atom. The summed E-state index contributed by atoms with van der Waals surface area (Å²) in [6.07, 6.45) is 1.52. The van der Waals surface area contributed by atoms with Gasteiger partial charge < -0.3 is 9.32 Å². The monoisotopic (exact) mass is 322 g/mol. The van der Waals surface area contributed by atoms with Crippen LogP contribution in [0, 0.1) is 6.92 Å². The summed E-state index contributed by atoms with van der Waals surface area (Å²) in [4.78, 5) is 18.5. The molecular weight excluding hydrogens is 308 g/mol. The lowest BCUT2D eigenvalue weighted by molar-refractivity contribution is 0.0681. The van der Waals surface area contributed by atoms with E-state index < -0.39 is 0 Å². The molecule has 0 radical (unpaired) electrons. The standard InChI is InChI=1S/C15H15ClN2O2S/c1-10-2-4-13(20-10)12-9-21-7-6-18(12)15(19)11-3-5-14(16)17-8-11/h2-5,8,12H,6-7,9H2,1H3. The molecule has 1 atom stereocenters. The summed E-state index contributed by atoms with van der Waals surface area (Å²) in [7, 11) is 0. The summed E-state index contributed by atoms with van der Waals surface area (Å²) < 4.78 is 5.71. The zero-order chi connectivity index (χ0) is 14.8. The molecule has 21 heavy (non-hydrogen) atoms. The molecule has 6 heteroatoms. The third-order valence-corrected chi connectivity index (χ3v) is 4.70. The lowest BCUT2D eigenvalue weighted by atomic mass is 10.1. The van der Waals surface area contributed by atoms with Crippen LogP contribution in [0.3, 0.4) is 0 Å². The maximum atomic E-state index is 12.7. The predicted octanol–water partition coefficient (Wildman–Crippen LogP) is 3.57. The molecule has 0 bridgehead atoms. The highest BCUT2D eigenvalue weighted by Gasteiger charge is 2.31. The van der Waals surface area contributed by atoms with Gasteiger partial charge in [-0.15, -0.1) is 0 Å². The largest absolute Gasteiger partial charge is 0.464 e. The second-order valence-electron chi connectivity index (χ2n) is 4.91. The highest BCUT2D eigenvalue weighted by molar-refractivity contribution is 7.99. The number of pyridine rings is 1. The SMILES string of the molecule is Cc1ccc(C2CSCCN2C(=O)c2ccc(Cl)nc2)o1. The summed E-state index contributed by atoms with van der Waals surface area (Å²) >= 11 is 7.61. The number of carbonyl (C=O) groups excluding carboxylic acids is 1. The minimum Gasteiger partial charge on any atom is -0.464 e. The van der Waals surface area contributed by atoms with E-state index in [4.69, 9.17) is 16.0 Å². The molecule has 3 rings (SSSR count). The van der Waals surface area contributed by atoms with Crippen molar-refractivity contribution < 1.29 is 9.21 Å². The number of amides is 1. The zero-order valence-electron chi connectivity index (χ0n) is 11.6. The number of hydrogen-bond donors (Lipinski definition) is 0. The summed E-state index contributed by atoms with van der Waals surface area (Å²) in [5.41, 5.74) is 0.555. The number of aryl methyl sites for hydroxylation is 1. The fraction of sp³-hybridized carbons (Fsp3) is 0.333. The van der Waals surface area contributed by atoms with Gasteiger partial charge in [-0.3, -0.25) is 4.79 Å². The smallest absolute Gasteiger partial charge is 0.256 e. The fourth-order valence-electron chi connectivity index (χ4n) is 2.38. The first-order chi connectivity index (χ1) is 10.1. The van der Waals surface area contributed by atoms with Crippen molar-refractivity contribution in [2.75, 3.05) is 18.1 Å². The number of rotatable bonds is 2. The van der Waals surface area contributed by atoms with Gasteiger partial charge in [-0.05, 0) is 31.2 Å². The molecule has 1 unspecified atom stereocenters. The van der Waals surface area contributed by atoms with Gasteiger partial charge in [0, 0.05) is 24.2 Å². The molecule has 1 aliphatic heterocycles. The van der Waals surface area contributed by atoms with E-state index in [0.29, 0.717) is 17.3 Å². The normalized spacial score (nSPS) is 18.8. The summed E-state index contributed by atoms with van der Waals surface area (Å²) in [5, 5.41) is 0.388. The Balaban J connectivity index is 1.87. The average molecular weight is 323 g/mol. The maximum Gasteiger partial charge on any atom is 0.256 e. The maximum absolute atomic E-state index is 12.7. The van der Waals surface area contributed by atoms with Crippen molar-refractivity contribution in [2.45, 2.75) is 13.0 Å². The van der Waals surface area contributed by atoms with Gasteiger partial charge in [0.15, 0.2) is 0 Å². The van der Waals surface area contributed by atoms with Crippen LogP contribution in [0.1, 0.15) is 27.9 Å². The van der Waals surface area contributed by atoms with E-state index in [1.54, 1.807) is 12.1 Å². The minimum atomic E-state index is -0.0291. The molecule has 0 aromatic carbocycles. The molecule has 1 amide bonds. The van der Waals surface area contributed by atoms with E-state index in [-0.39, 0.29) is 11.9 Å². The predicted molar refractivity (Wildman–Crippen MR) is 83.8 cm³/mol. The Kier molecular flexibility index (Phi) is 4.22. The van der Waals surface area contributed by atoms with Gasteiger partial charge in [-0.1, -0.05) is 11.6 Å². The first-order valence-corrected chi connectivity index (χ1v) is 8.25. The number of hydrogen-bond acceptors (Lipinski definition) is 4. The lowest BCUT2D eigenvalue weighted by Gasteiger charge is -2.34. The molecule has 1 fully saturated rings. The zero-order valence-corrected chi connectivity index (χ0v) is 13.2. The van der Waals surface area contributed by atoms with Gasteiger partial charge in [-0.2, -0.15) is 11.8 Å². The second kappa shape index (κ2) is 6.12. The first-order valence-electron chi connectivity index (χ1n) is 6.72.